The van der Waals surface area contributed by atoms with Crippen molar-refractivity contribution in [2.45, 2.75) is 18.7 Å². The molecule has 1 aliphatic heterocycles. The van der Waals surface area contributed by atoms with E-state index in [9.17, 15) is 13.2 Å². The molecule has 1 heterocycles. The third kappa shape index (κ3) is 3.61. The second kappa shape index (κ2) is 6.55. The first-order valence-corrected chi connectivity index (χ1v) is 8.54. The SMILES string of the molecule is CCNS(=O)(=O)c1ccccc1NC(=O)C(C)C1CNC1. The van der Waals surface area contributed by atoms with E-state index in [0.717, 1.165) is 13.1 Å². The molecule has 116 valence electrons. The van der Waals surface area contributed by atoms with Gasteiger partial charge in [-0.05, 0) is 31.1 Å². The Balaban J connectivity index is 2.18. The van der Waals surface area contributed by atoms with Gasteiger partial charge >= 0.3 is 0 Å². The van der Waals surface area contributed by atoms with Crippen molar-refractivity contribution in [1.82, 2.24) is 10.0 Å². The van der Waals surface area contributed by atoms with Gasteiger partial charge in [-0.15, -0.1) is 0 Å². The van der Waals surface area contributed by atoms with Crippen LogP contribution in [0.25, 0.3) is 0 Å². The quantitative estimate of drug-likeness (QED) is 0.724. The normalized spacial score (nSPS) is 17.0. The summed E-state index contributed by atoms with van der Waals surface area (Å²) in [5, 5.41) is 5.87. The van der Waals surface area contributed by atoms with Crippen molar-refractivity contribution in [2.75, 3.05) is 25.0 Å². The average molecular weight is 311 g/mol. The van der Waals surface area contributed by atoms with E-state index in [-0.39, 0.29) is 16.7 Å². The Morgan fingerprint density at radius 1 is 1.38 bits per heavy atom. The fourth-order valence-corrected chi connectivity index (χ4v) is 3.40. The summed E-state index contributed by atoms with van der Waals surface area (Å²) >= 11 is 0. The standard InChI is InChI=1S/C14H21N3O3S/c1-3-16-21(19,20)13-7-5-4-6-12(13)17-14(18)10(2)11-8-15-9-11/h4-7,10-11,15-16H,3,8-9H2,1-2H3,(H,17,18). The Hall–Kier alpha value is -1.44. The van der Waals surface area contributed by atoms with Gasteiger partial charge < -0.3 is 10.6 Å². The third-order valence-corrected chi connectivity index (χ3v) is 5.31. The second-order valence-electron chi connectivity index (χ2n) is 5.19. The molecule has 2 rings (SSSR count). The van der Waals surface area contributed by atoms with E-state index < -0.39 is 10.0 Å². The van der Waals surface area contributed by atoms with Gasteiger partial charge in [-0.2, -0.15) is 0 Å². The Morgan fingerprint density at radius 3 is 2.62 bits per heavy atom. The average Bonchev–Trinajstić information content (AvgIpc) is 2.37. The molecule has 3 N–H and O–H groups in total. The number of nitrogens with one attached hydrogen (secondary N) is 3. The number of amides is 1. The zero-order chi connectivity index (χ0) is 15.5. The molecule has 6 nitrogen and oxygen atoms in total. The highest BCUT2D eigenvalue weighted by Crippen LogP contribution is 2.23. The van der Waals surface area contributed by atoms with Gasteiger partial charge in [0.2, 0.25) is 15.9 Å². The Bertz CT molecular complexity index is 612. The van der Waals surface area contributed by atoms with Crippen LogP contribution in [0.1, 0.15) is 13.8 Å². The zero-order valence-electron chi connectivity index (χ0n) is 12.2. The lowest BCUT2D eigenvalue weighted by Gasteiger charge is -2.31. The number of anilines is 1. The molecule has 0 spiro atoms. The van der Waals surface area contributed by atoms with Crippen LogP contribution in [0.5, 0.6) is 0 Å². The minimum Gasteiger partial charge on any atom is -0.325 e. The fourth-order valence-electron chi connectivity index (χ4n) is 2.20. The fraction of sp³-hybridized carbons (Fsp3) is 0.500. The highest BCUT2D eigenvalue weighted by atomic mass is 32.2. The van der Waals surface area contributed by atoms with Gasteiger partial charge in [-0.1, -0.05) is 26.0 Å². The predicted molar refractivity (Wildman–Crippen MR) is 81.5 cm³/mol. The first-order valence-electron chi connectivity index (χ1n) is 7.06. The second-order valence-corrected chi connectivity index (χ2v) is 6.93. The van der Waals surface area contributed by atoms with E-state index in [1.165, 1.54) is 6.07 Å². The largest absolute Gasteiger partial charge is 0.325 e. The molecule has 0 bridgehead atoms. The lowest BCUT2D eigenvalue weighted by molar-refractivity contribution is -0.121. The van der Waals surface area contributed by atoms with Gasteiger partial charge in [0.1, 0.15) is 4.90 Å². The molecule has 7 heteroatoms. The molecule has 0 aromatic heterocycles. The molecule has 1 fully saturated rings. The number of para-hydroxylation sites is 1. The number of benzene rings is 1. The minimum atomic E-state index is -3.60. The Labute approximate surface area is 125 Å². The van der Waals surface area contributed by atoms with E-state index >= 15 is 0 Å². The highest BCUT2D eigenvalue weighted by Gasteiger charge is 2.29. The smallest absolute Gasteiger partial charge is 0.242 e. The first kappa shape index (κ1) is 15.9. The van der Waals surface area contributed by atoms with Crippen molar-refractivity contribution in [3.05, 3.63) is 24.3 Å². The summed E-state index contributed by atoms with van der Waals surface area (Å²) in [6, 6.07) is 6.44. The first-order chi connectivity index (χ1) is 9.95. The Kier molecular flexibility index (Phi) is 4.97. The molecular weight excluding hydrogens is 290 g/mol. The van der Waals surface area contributed by atoms with Gasteiger partial charge in [-0.25, -0.2) is 13.1 Å². The lowest BCUT2D eigenvalue weighted by atomic mass is 9.88. The van der Waals surface area contributed by atoms with E-state index in [1.807, 2.05) is 6.92 Å². The number of hydrogen-bond acceptors (Lipinski definition) is 4. The topological polar surface area (TPSA) is 87.3 Å². The van der Waals surface area contributed by atoms with E-state index in [0.29, 0.717) is 18.2 Å². The van der Waals surface area contributed by atoms with Crippen LogP contribution in [0.3, 0.4) is 0 Å². The summed E-state index contributed by atoms with van der Waals surface area (Å²) in [5.74, 6) is 0.00401. The summed E-state index contributed by atoms with van der Waals surface area (Å²) in [6.07, 6.45) is 0. The number of carbonyl (C=O) groups excluding carboxylic acids is 1. The van der Waals surface area contributed by atoms with Gasteiger partial charge in [-0.3, -0.25) is 4.79 Å². The summed E-state index contributed by atoms with van der Waals surface area (Å²) in [4.78, 5) is 12.3. The van der Waals surface area contributed by atoms with Crippen molar-refractivity contribution in [2.24, 2.45) is 11.8 Å². The molecule has 21 heavy (non-hydrogen) atoms. The van der Waals surface area contributed by atoms with Crippen LogP contribution in [-0.2, 0) is 14.8 Å². The van der Waals surface area contributed by atoms with Gasteiger partial charge in [0, 0.05) is 12.5 Å². The summed E-state index contributed by atoms with van der Waals surface area (Å²) < 4.78 is 26.7. The van der Waals surface area contributed by atoms with Crippen molar-refractivity contribution < 1.29 is 13.2 Å². The molecule has 0 aliphatic carbocycles. The molecular formula is C14H21N3O3S. The molecule has 0 radical (unpaired) electrons. The number of rotatable bonds is 6. The molecule has 1 aromatic rings. The number of carbonyl (C=O) groups is 1. The summed E-state index contributed by atoms with van der Waals surface area (Å²) in [7, 11) is -3.60. The van der Waals surface area contributed by atoms with Gasteiger partial charge in [0.15, 0.2) is 0 Å². The van der Waals surface area contributed by atoms with Crippen molar-refractivity contribution in [3.8, 4) is 0 Å². The van der Waals surface area contributed by atoms with Crippen molar-refractivity contribution in [3.63, 3.8) is 0 Å². The minimum absolute atomic E-state index is 0.0964. The molecule has 1 aromatic carbocycles. The summed E-state index contributed by atoms with van der Waals surface area (Å²) in [6.45, 7) is 5.53. The monoisotopic (exact) mass is 311 g/mol. The van der Waals surface area contributed by atoms with Crippen LogP contribution in [0, 0.1) is 11.8 Å². The lowest BCUT2D eigenvalue weighted by Crippen LogP contribution is -2.48. The van der Waals surface area contributed by atoms with Crippen LogP contribution < -0.4 is 15.4 Å². The van der Waals surface area contributed by atoms with E-state index in [4.69, 9.17) is 0 Å². The van der Waals surface area contributed by atoms with Crippen LogP contribution in [-0.4, -0.2) is 34.0 Å². The van der Waals surface area contributed by atoms with E-state index in [1.54, 1.807) is 25.1 Å². The van der Waals surface area contributed by atoms with Crippen LogP contribution in [0.15, 0.2) is 29.2 Å². The zero-order valence-corrected chi connectivity index (χ0v) is 13.0. The van der Waals surface area contributed by atoms with Crippen LogP contribution in [0.4, 0.5) is 5.69 Å². The maximum Gasteiger partial charge on any atom is 0.242 e. The maximum absolute atomic E-state index is 12.2. The summed E-state index contributed by atoms with van der Waals surface area (Å²) in [5.41, 5.74) is 0.322. The molecule has 1 atom stereocenters. The maximum atomic E-state index is 12.2. The van der Waals surface area contributed by atoms with Crippen LogP contribution in [0.2, 0.25) is 0 Å². The van der Waals surface area contributed by atoms with Crippen molar-refractivity contribution >= 4 is 21.6 Å². The molecule has 0 saturated carbocycles. The molecule has 1 saturated heterocycles. The Morgan fingerprint density at radius 2 is 2.05 bits per heavy atom. The molecule has 1 unspecified atom stereocenters. The van der Waals surface area contributed by atoms with Crippen molar-refractivity contribution in [1.29, 1.82) is 0 Å². The van der Waals surface area contributed by atoms with E-state index in [2.05, 4.69) is 15.4 Å². The number of hydrogen-bond donors (Lipinski definition) is 3. The number of sulfonamides is 1. The van der Waals surface area contributed by atoms with Gasteiger partial charge in [0.25, 0.3) is 0 Å². The predicted octanol–water partition coefficient (Wildman–Crippen LogP) is 0.779. The molecule has 1 aliphatic rings. The van der Waals surface area contributed by atoms with Crippen LogP contribution >= 0.6 is 0 Å². The molecule has 1 amide bonds. The third-order valence-electron chi connectivity index (χ3n) is 3.70. The highest BCUT2D eigenvalue weighted by molar-refractivity contribution is 7.89. The van der Waals surface area contributed by atoms with Gasteiger partial charge in [0.05, 0.1) is 5.69 Å².